The first kappa shape index (κ1) is 29.9. The highest BCUT2D eigenvalue weighted by Crippen LogP contribution is 2.36. The molecule has 8 rings (SSSR count). The summed E-state index contributed by atoms with van der Waals surface area (Å²) in [6.07, 6.45) is 7.21. The number of aromatic amines is 2. The Bertz CT molecular complexity index is 1800. The van der Waals surface area contributed by atoms with Gasteiger partial charge in [-0.3, -0.25) is 9.59 Å². The van der Waals surface area contributed by atoms with E-state index in [0.29, 0.717) is 0 Å². The molecule has 0 aliphatic carbocycles. The second-order valence-corrected chi connectivity index (χ2v) is 13.0. The number of benzene rings is 4. The summed E-state index contributed by atoms with van der Waals surface area (Å²) in [5.74, 6) is 0.518. The van der Waals surface area contributed by atoms with E-state index in [-0.39, 0.29) is 22.4 Å². The molecule has 6 heteroatoms. The molecule has 6 aromatic rings. The number of rotatable bonds is 8. The lowest BCUT2D eigenvalue weighted by molar-refractivity contribution is 0.0810. The van der Waals surface area contributed by atoms with Gasteiger partial charge in [-0.25, -0.2) is 0 Å². The highest BCUT2D eigenvalue weighted by molar-refractivity contribution is 6.04. The van der Waals surface area contributed by atoms with E-state index in [1.165, 1.54) is 11.1 Å². The van der Waals surface area contributed by atoms with E-state index >= 15 is 0 Å². The molecule has 6 nitrogen and oxygen atoms in total. The Morgan fingerprint density at radius 2 is 0.978 bits per heavy atom. The molecular formula is C40H40N4O2. The molecule has 2 fully saturated rings. The molecule has 0 saturated carbocycles. The summed E-state index contributed by atoms with van der Waals surface area (Å²) in [6, 6.07) is 36.6. The van der Waals surface area contributed by atoms with Crippen molar-refractivity contribution in [1.82, 2.24) is 20.6 Å². The molecule has 0 amide bonds. The molecule has 0 unspecified atom stereocenters. The molecular weight excluding hydrogens is 568 g/mol. The van der Waals surface area contributed by atoms with Crippen LogP contribution in [0.25, 0.3) is 21.8 Å². The number of Topliss-reactive ketones (excluding diaryl/α,β-unsaturated/α-hetero) is 2. The summed E-state index contributed by atoms with van der Waals surface area (Å²) in [4.78, 5) is 32.9. The maximum absolute atomic E-state index is 13.3. The van der Waals surface area contributed by atoms with Crippen molar-refractivity contribution >= 4 is 33.4 Å². The van der Waals surface area contributed by atoms with Crippen molar-refractivity contribution in [2.24, 2.45) is 10.8 Å². The number of carbonyl (C=O) groups is 2. The summed E-state index contributed by atoms with van der Waals surface area (Å²) in [7, 11) is 0. The molecule has 4 N–H and O–H groups in total. The maximum Gasteiger partial charge on any atom is 0.170 e. The van der Waals surface area contributed by atoms with Crippen LogP contribution in [0.15, 0.2) is 122 Å². The van der Waals surface area contributed by atoms with Crippen LogP contribution in [-0.2, 0) is 12.8 Å². The van der Waals surface area contributed by atoms with Crippen molar-refractivity contribution < 1.29 is 9.59 Å². The SMILES string of the molecule is O=C(c1ccc2[nH]ccc2c1)[C@@]1(Cc2ccccc2)CCNC1.O=C(c1ccc2[nH]ccc2c1)[C@]1(Cc2ccccc2)CCNC1. The van der Waals surface area contributed by atoms with Crippen molar-refractivity contribution in [1.29, 1.82) is 0 Å². The predicted molar refractivity (Wildman–Crippen MR) is 185 cm³/mol. The summed E-state index contributed by atoms with van der Waals surface area (Å²) < 4.78 is 0. The van der Waals surface area contributed by atoms with Crippen LogP contribution in [-0.4, -0.2) is 47.7 Å². The normalized spacial score (nSPS) is 20.9. The largest absolute Gasteiger partial charge is 0.361 e. The fraction of sp³-hybridized carbons (Fsp3) is 0.250. The number of ketones is 2. The third kappa shape index (κ3) is 6.06. The number of hydrogen-bond donors (Lipinski definition) is 4. The van der Waals surface area contributed by atoms with E-state index in [2.05, 4.69) is 44.9 Å². The van der Waals surface area contributed by atoms with Gasteiger partial charge in [0.15, 0.2) is 11.6 Å². The lowest BCUT2D eigenvalue weighted by Gasteiger charge is -2.27. The highest BCUT2D eigenvalue weighted by atomic mass is 16.1. The third-order valence-corrected chi connectivity index (χ3v) is 9.85. The Labute approximate surface area is 269 Å². The van der Waals surface area contributed by atoms with E-state index in [0.717, 1.165) is 84.8 Å². The van der Waals surface area contributed by atoms with Crippen LogP contribution in [0, 0.1) is 10.8 Å². The van der Waals surface area contributed by atoms with Crippen LogP contribution in [0.3, 0.4) is 0 Å². The summed E-state index contributed by atoms with van der Waals surface area (Å²) >= 11 is 0. The van der Waals surface area contributed by atoms with Gasteiger partial charge in [-0.2, -0.15) is 0 Å². The van der Waals surface area contributed by atoms with Crippen molar-refractivity contribution in [2.45, 2.75) is 25.7 Å². The van der Waals surface area contributed by atoms with E-state index in [1.54, 1.807) is 0 Å². The quantitative estimate of drug-likeness (QED) is 0.138. The van der Waals surface area contributed by atoms with Crippen LogP contribution in [0.5, 0.6) is 0 Å². The maximum atomic E-state index is 13.3. The molecule has 2 aliphatic heterocycles. The summed E-state index contributed by atoms with van der Waals surface area (Å²) in [6.45, 7) is 3.33. The van der Waals surface area contributed by atoms with Gasteiger partial charge in [0, 0.05) is 58.4 Å². The molecule has 2 aromatic heterocycles. The average molecular weight is 609 g/mol. The predicted octanol–water partition coefficient (Wildman–Crippen LogP) is 7.15. The van der Waals surface area contributed by atoms with Crippen molar-refractivity contribution in [3.63, 3.8) is 0 Å². The number of nitrogens with one attached hydrogen (secondary N) is 4. The Morgan fingerprint density at radius 1 is 0.543 bits per heavy atom. The zero-order chi connectivity index (χ0) is 31.4. The van der Waals surface area contributed by atoms with Gasteiger partial charge in [0.2, 0.25) is 0 Å². The fourth-order valence-electron chi connectivity index (χ4n) is 7.31. The van der Waals surface area contributed by atoms with Gasteiger partial charge in [-0.05, 0) is 98.4 Å². The van der Waals surface area contributed by atoms with Crippen LogP contribution >= 0.6 is 0 Å². The molecule has 0 radical (unpaired) electrons. The Hall–Kier alpha value is -4.78. The highest BCUT2D eigenvalue weighted by Gasteiger charge is 2.42. The minimum Gasteiger partial charge on any atom is -0.361 e. The number of carbonyl (C=O) groups excluding carboxylic acids is 2. The minimum atomic E-state index is -0.328. The van der Waals surface area contributed by atoms with Crippen LogP contribution in [0.4, 0.5) is 0 Å². The first-order valence-electron chi connectivity index (χ1n) is 16.3. The molecule has 0 spiro atoms. The Morgan fingerprint density at radius 3 is 1.37 bits per heavy atom. The van der Waals surface area contributed by atoms with Gasteiger partial charge >= 0.3 is 0 Å². The zero-order valence-corrected chi connectivity index (χ0v) is 26.0. The number of hydrogen-bond acceptors (Lipinski definition) is 4. The Balaban J connectivity index is 0.000000147. The van der Waals surface area contributed by atoms with Crippen molar-refractivity contribution in [3.05, 3.63) is 144 Å². The molecule has 4 aromatic carbocycles. The van der Waals surface area contributed by atoms with Gasteiger partial charge in [-0.15, -0.1) is 0 Å². The fourth-order valence-corrected chi connectivity index (χ4v) is 7.31. The third-order valence-electron chi connectivity index (χ3n) is 9.85. The Kier molecular flexibility index (Phi) is 8.39. The van der Waals surface area contributed by atoms with Crippen molar-refractivity contribution in [3.8, 4) is 0 Å². The lowest BCUT2D eigenvalue weighted by Crippen LogP contribution is -2.35. The van der Waals surface area contributed by atoms with Gasteiger partial charge in [0.25, 0.3) is 0 Å². The van der Waals surface area contributed by atoms with E-state index in [1.807, 2.05) is 97.3 Å². The molecule has 232 valence electrons. The molecule has 2 saturated heterocycles. The standard InChI is InChI=1S/2C20H20N2O/c2*23-19(17-6-7-18-16(12-17)8-10-22-18)20(9-11-21-14-20)13-15-4-2-1-3-5-15/h2*1-8,10,12,21-22H,9,11,13-14H2/t2*20-/m10/s1. The van der Waals surface area contributed by atoms with Crippen LogP contribution < -0.4 is 10.6 Å². The first-order valence-corrected chi connectivity index (χ1v) is 16.3. The van der Waals surface area contributed by atoms with E-state index in [4.69, 9.17) is 0 Å². The lowest BCUT2D eigenvalue weighted by atomic mass is 9.74. The van der Waals surface area contributed by atoms with Crippen molar-refractivity contribution in [2.75, 3.05) is 26.2 Å². The van der Waals surface area contributed by atoms with E-state index in [9.17, 15) is 9.59 Å². The van der Waals surface area contributed by atoms with Gasteiger partial charge in [0.1, 0.15) is 0 Å². The van der Waals surface area contributed by atoms with Crippen LogP contribution in [0.1, 0.15) is 44.7 Å². The van der Waals surface area contributed by atoms with E-state index < -0.39 is 0 Å². The monoisotopic (exact) mass is 608 g/mol. The van der Waals surface area contributed by atoms with Gasteiger partial charge in [0.05, 0.1) is 10.8 Å². The molecule has 46 heavy (non-hydrogen) atoms. The smallest absolute Gasteiger partial charge is 0.170 e. The van der Waals surface area contributed by atoms with Gasteiger partial charge < -0.3 is 20.6 Å². The summed E-state index contributed by atoms with van der Waals surface area (Å²) in [5, 5.41) is 8.97. The van der Waals surface area contributed by atoms with Crippen LogP contribution in [0.2, 0.25) is 0 Å². The topological polar surface area (TPSA) is 89.8 Å². The molecule has 2 aliphatic rings. The molecule has 4 heterocycles. The molecule has 2 atom stereocenters. The first-order chi connectivity index (χ1) is 22.5. The average Bonchev–Trinajstić information content (AvgIpc) is 3.93. The summed E-state index contributed by atoms with van der Waals surface area (Å²) in [5.41, 5.74) is 5.58. The second-order valence-electron chi connectivity index (χ2n) is 13.0. The number of fused-ring (bicyclic) bond motifs is 2. The molecule has 0 bridgehead atoms. The zero-order valence-electron chi connectivity index (χ0n) is 26.0. The second kappa shape index (κ2) is 12.9. The van der Waals surface area contributed by atoms with Gasteiger partial charge in [-0.1, -0.05) is 60.7 Å². The minimum absolute atomic E-state index is 0.259. The number of H-pyrrole nitrogens is 2. The number of aromatic nitrogens is 2.